The number of alkyl carbamates (subject to hydrolysis) is 1. The zero-order chi connectivity index (χ0) is 9.68. The maximum Gasteiger partial charge on any atom is 0.407 e. The van der Waals surface area contributed by atoms with Crippen molar-refractivity contribution in [2.75, 3.05) is 7.11 Å². The first-order valence-electron chi connectivity index (χ1n) is 5.07. The van der Waals surface area contributed by atoms with Crippen molar-refractivity contribution in [3.63, 3.8) is 0 Å². The highest BCUT2D eigenvalue weighted by molar-refractivity contribution is 5.67. The molecule has 2 unspecified atom stereocenters. The molecule has 0 aliphatic heterocycles. The van der Waals surface area contributed by atoms with Crippen molar-refractivity contribution < 1.29 is 9.53 Å². The van der Waals surface area contributed by atoms with Crippen molar-refractivity contribution in [1.82, 2.24) is 5.32 Å². The average Bonchev–Trinajstić information content (AvgIpc) is 2.31. The Hall–Kier alpha value is -0.730. The fraction of sp³-hybridized carbons (Fsp3) is 0.900. The Kier molecular flexibility index (Phi) is 4.06. The number of nitrogens with one attached hydrogen (secondary N) is 1. The quantitative estimate of drug-likeness (QED) is 0.637. The van der Waals surface area contributed by atoms with E-state index in [9.17, 15) is 4.79 Å². The summed E-state index contributed by atoms with van der Waals surface area (Å²) in [4.78, 5) is 10.9. The number of ether oxygens (including phenoxy) is 1. The maximum absolute atomic E-state index is 10.9. The molecule has 0 bridgehead atoms. The third kappa shape index (κ3) is 3.66. The van der Waals surface area contributed by atoms with Gasteiger partial charge in [0.05, 0.1) is 7.11 Å². The molecule has 76 valence electrons. The Bertz CT molecular complexity index is 170. The van der Waals surface area contributed by atoms with Crippen LogP contribution in [0.1, 0.15) is 39.0 Å². The molecule has 3 heteroatoms. The zero-order valence-electron chi connectivity index (χ0n) is 8.51. The number of hydrogen-bond acceptors (Lipinski definition) is 2. The Morgan fingerprint density at radius 2 is 2.08 bits per heavy atom. The van der Waals surface area contributed by atoms with E-state index in [4.69, 9.17) is 0 Å². The van der Waals surface area contributed by atoms with E-state index in [1.54, 1.807) is 0 Å². The molecule has 0 radical (unpaired) electrons. The normalized spacial score (nSPS) is 29.1. The molecular formula is C10H19NO2. The van der Waals surface area contributed by atoms with Crippen LogP contribution in [-0.2, 0) is 4.74 Å². The van der Waals surface area contributed by atoms with Crippen LogP contribution in [0.5, 0.6) is 0 Å². The number of hydrogen-bond donors (Lipinski definition) is 1. The summed E-state index contributed by atoms with van der Waals surface area (Å²) < 4.78 is 4.57. The minimum absolute atomic E-state index is 0.292. The van der Waals surface area contributed by atoms with Crippen molar-refractivity contribution in [3.8, 4) is 0 Å². The molecule has 0 aromatic rings. The average molecular weight is 185 g/mol. The van der Waals surface area contributed by atoms with Gasteiger partial charge in [0, 0.05) is 6.04 Å². The molecule has 0 spiro atoms. The second-order valence-corrected chi connectivity index (χ2v) is 3.95. The van der Waals surface area contributed by atoms with Crippen LogP contribution in [0.25, 0.3) is 0 Å². The fourth-order valence-corrected chi connectivity index (χ4v) is 1.86. The van der Waals surface area contributed by atoms with Crippen LogP contribution >= 0.6 is 0 Å². The van der Waals surface area contributed by atoms with Gasteiger partial charge in [0.2, 0.25) is 0 Å². The Morgan fingerprint density at radius 1 is 1.31 bits per heavy atom. The number of carbonyl (C=O) groups is 1. The van der Waals surface area contributed by atoms with E-state index < -0.39 is 0 Å². The third-order valence-electron chi connectivity index (χ3n) is 2.76. The Morgan fingerprint density at radius 3 is 2.77 bits per heavy atom. The minimum Gasteiger partial charge on any atom is -0.453 e. The number of methoxy groups -OCH3 is 1. The van der Waals surface area contributed by atoms with E-state index in [0.717, 1.165) is 18.8 Å². The monoisotopic (exact) mass is 185 g/mol. The topological polar surface area (TPSA) is 38.3 Å². The first kappa shape index (κ1) is 10.4. The molecule has 1 rings (SSSR count). The van der Waals surface area contributed by atoms with Gasteiger partial charge in [0.25, 0.3) is 0 Å². The van der Waals surface area contributed by atoms with Crippen LogP contribution in [-0.4, -0.2) is 19.2 Å². The highest BCUT2D eigenvalue weighted by atomic mass is 16.5. The van der Waals surface area contributed by atoms with Crippen LogP contribution in [0.2, 0.25) is 0 Å². The SMILES string of the molecule is COC(=O)NC1CCCC(C)CC1. The summed E-state index contributed by atoms with van der Waals surface area (Å²) in [5, 5.41) is 2.87. The number of rotatable bonds is 1. The summed E-state index contributed by atoms with van der Waals surface area (Å²) in [6, 6.07) is 0.331. The predicted octanol–water partition coefficient (Wildman–Crippen LogP) is 2.31. The molecule has 0 aromatic heterocycles. The van der Waals surface area contributed by atoms with Crippen LogP contribution in [0.4, 0.5) is 4.79 Å². The highest BCUT2D eigenvalue weighted by Crippen LogP contribution is 2.22. The van der Waals surface area contributed by atoms with Crippen molar-refractivity contribution in [2.24, 2.45) is 5.92 Å². The standard InChI is InChI=1S/C10H19NO2/c1-8-4-3-5-9(7-6-8)11-10(12)13-2/h8-9H,3-7H2,1-2H3,(H,11,12). The van der Waals surface area contributed by atoms with Crippen LogP contribution in [0, 0.1) is 5.92 Å². The van der Waals surface area contributed by atoms with Gasteiger partial charge in [-0.25, -0.2) is 4.79 Å². The summed E-state index contributed by atoms with van der Waals surface area (Å²) in [5.74, 6) is 0.810. The van der Waals surface area contributed by atoms with Crippen LogP contribution in [0.15, 0.2) is 0 Å². The van der Waals surface area contributed by atoms with E-state index in [2.05, 4.69) is 17.0 Å². The van der Waals surface area contributed by atoms with E-state index in [1.165, 1.54) is 26.4 Å². The molecule has 0 aromatic carbocycles. The first-order chi connectivity index (χ1) is 6.22. The largest absolute Gasteiger partial charge is 0.453 e. The molecule has 1 aliphatic rings. The van der Waals surface area contributed by atoms with Gasteiger partial charge in [-0.1, -0.05) is 19.8 Å². The van der Waals surface area contributed by atoms with Crippen molar-refractivity contribution in [2.45, 2.75) is 45.1 Å². The van der Waals surface area contributed by atoms with Crippen LogP contribution < -0.4 is 5.32 Å². The second kappa shape index (κ2) is 5.10. The number of amides is 1. The summed E-state index contributed by atoms with van der Waals surface area (Å²) in [5.41, 5.74) is 0. The highest BCUT2D eigenvalue weighted by Gasteiger charge is 2.17. The van der Waals surface area contributed by atoms with Gasteiger partial charge in [-0.05, 0) is 25.2 Å². The molecule has 3 nitrogen and oxygen atoms in total. The lowest BCUT2D eigenvalue weighted by Gasteiger charge is -2.14. The maximum atomic E-state index is 10.9. The molecule has 0 saturated heterocycles. The van der Waals surface area contributed by atoms with Gasteiger partial charge in [0.1, 0.15) is 0 Å². The summed E-state index contributed by atoms with van der Waals surface area (Å²) in [6.07, 6.45) is 5.62. The summed E-state index contributed by atoms with van der Waals surface area (Å²) >= 11 is 0. The molecule has 0 heterocycles. The lowest BCUT2D eigenvalue weighted by molar-refractivity contribution is 0.165. The molecule has 1 N–H and O–H groups in total. The number of carbonyl (C=O) groups excluding carboxylic acids is 1. The molecule has 1 fully saturated rings. The smallest absolute Gasteiger partial charge is 0.407 e. The van der Waals surface area contributed by atoms with Crippen molar-refractivity contribution >= 4 is 6.09 Å². The first-order valence-corrected chi connectivity index (χ1v) is 5.07. The minimum atomic E-state index is -0.292. The molecule has 2 atom stereocenters. The predicted molar refractivity (Wildman–Crippen MR) is 51.6 cm³/mol. The van der Waals surface area contributed by atoms with Gasteiger partial charge in [-0.3, -0.25) is 0 Å². The van der Waals surface area contributed by atoms with Gasteiger partial charge >= 0.3 is 6.09 Å². The van der Waals surface area contributed by atoms with Crippen molar-refractivity contribution in [3.05, 3.63) is 0 Å². The third-order valence-corrected chi connectivity index (χ3v) is 2.76. The molecule has 13 heavy (non-hydrogen) atoms. The van der Waals surface area contributed by atoms with Crippen molar-refractivity contribution in [1.29, 1.82) is 0 Å². The van der Waals surface area contributed by atoms with Gasteiger partial charge in [-0.15, -0.1) is 0 Å². The van der Waals surface area contributed by atoms with Gasteiger partial charge in [0.15, 0.2) is 0 Å². The molecule has 1 aliphatic carbocycles. The van der Waals surface area contributed by atoms with E-state index >= 15 is 0 Å². The zero-order valence-corrected chi connectivity index (χ0v) is 8.51. The molecule has 1 saturated carbocycles. The lowest BCUT2D eigenvalue weighted by atomic mass is 10.0. The fourth-order valence-electron chi connectivity index (χ4n) is 1.86. The lowest BCUT2D eigenvalue weighted by Crippen LogP contribution is -2.34. The van der Waals surface area contributed by atoms with Gasteiger partial charge in [-0.2, -0.15) is 0 Å². The van der Waals surface area contributed by atoms with E-state index in [0.29, 0.717) is 6.04 Å². The molecular weight excluding hydrogens is 166 g/mol. The summed E-state index contributed by atoms with van der Waals surface area (Å²) in [7, 11) is 1.41. The van der Waals surface area contributed by atoms with E-state index in [-0.39, 0.29) is 6.09 Å². The van der Waals surface area contributed by atoms with E-state index in [1.807, 2.05) is 0 Å². The Labute approximate surface area is 79.8 Å². The molecule has 1 amide bonds. The second-order valence-electron chi connectivity index (χ2n) is 3.95. The summed E-state index contributed by atoms with van der Waals surface area (Å²) in [6.45, 7) is 2.28. The van der Waals surface area contributed by atoms with Crippen LogP contribution in [0.3, 0.4) is 0 Å². The van der Waals surface area contributed by atoms with Gasteiger partial charge < -0.3 is 10.1 Å². The Balaban J connectivity index is 2.29.